The van der Waals surface area contributed by atoms with E-state index in [0.717, 1.165) is 42.8 Å². The molecule has 0 radical (unpaired) electrons. The first-order valence-electron chi connectivity index (χ1n) is 10.3. The number of nitrogens with one attached hydrogen (secondary N) is 2. The van der Waals surface area contributed by atoms with Crippen molar-refractivity contribution in [1.29, 1.82) is 0 Å². The summed E-state index contributed by atoms with van der Waals surface area (Å²) in [6.07, 6.45) is 5.78. The zero-order valence-electron chi connectivity index (χ0n) is 16.0. The van der Waals surface area contributed by atoms with Crippen LogP contribution in [0.2, 0.25) is 0 Å². The van der Waals surface area contributed by atoms with Gasteiger partial charge in [0, 0.05) is 24.9 Å². The predicted molar refractivity (Wildman–Crippen MR) is 105 cm³/mol. The molecule has 2 amide bonds. The van der Waals surface area contributed by atoms with E-state index < -0.39 is 5.92 Å². The van der Waals surface area contributed by atoms with Crippen molar-refractivity contribution >= 4 is 28.5 Å². The maximum Gasteiger partial charge on any atom is 0.235 e. The van der Waals surface area contributed by atoms with Gasteiger partial charge >= 0.3 is 0 Å². The molecule has 5 rings (SSSR count). The lowest BCUT2D eigenvalue weighted by molar-refractivity contribution is -0.134. The Balaban J connectivity index is 1.40. The van der Waals surface area contributed by atoms with Gasteiger partial charge in [-0.15, -0.1) is 0 Å². The normalized spacial score (nSPS) is 25.3. The molecule has 1 atom stereocenters. The second kappa shape index (κ2) is 6.88. The van der Waals surface area contributed by atoms with Gasteiger partial charge in [0.05, 0.1) is 11.6 Å². The van der Waals surface area contributed by atoms with E-state index in [4.69, 9.17) is 4.52 Å². The molecular formula is C21H26N4O3. The summed E-state index contributed by atoms with van der Waals surface area (Å²) in [6.45, 7) is 4.31. The van der Waals surface area contributed by atoms with Crippen molar-refractivity contribution in [2.45, 2.75) is 44.4 Å². The van der Waals surface area contributed by atoms with Crippen LogP contribution in [0.25, 0.3) is 11.0 Å². The Bertz CT molecular complexity index is 906. The van der Waals surface area contributed by atoms with Gasteiger partial charge in [0.15, 0.2) is 5.58 Å². The fourth-order valence-corrected chi connectivity index (χ4v) is 5.10. The Labute approximate surface area is 163 Å². The van der Waals surface area contributed by atoms with Crippen LogP contribution in [0.15, 0.2) is 22.7 Å². The minimum Gasteiger partial charge on any atom is -0.368 e. The number of nitrogens with zero attached hydrogens (tertiary/aromatic N) is 2. The molecule has 4 heterocycles. The fraction of sp³-hybridized carbons (Fsp3) is 0.571. The Morgan fingerprint density at radius 1 is 1.11 bits per heavy atom. The molecule has 148 valence electrons. The van der Waals surface area contributed by atoms with Crippen LogP contribution in [-0.4, -0.2) is 43.2 Å². The highest BCUT2D eigenvalue weighted by atomic mass is 16.5. The van der Waals surface area contributed by atoms with E-state index in [1.807, 2.05) is 12.1 Å². The van der Waals surface area contributed by atoms with Gasteiger partial charge in [0.2, 0.25) is 11.8 Å². The Kier molecular flexibility index (Phi) is 4.34. The van der Waals surface area contributed by atoms with Crippen LogP contribution in [0.1, 0.15) is 50.1 Å². The third kappa shape index (κ3) is 2.98. The van der Waals surface area contributed by atoms with Crippen LogP contribution in [0.4, 0.5) is 5.69 Å². The molecule has 0 bridgehead atoms. The zero-order valence-corrected chi connectivity index (χ0v) is 16.0. The molecule has 3 aliphatic rings. The van der Waals surface area contributed by atoms with E-state index in [0.29, 0.717) is 24.0 Å². The lowest BCUT2D eigenvalue weighted by Crippen LogP contribution is -2.45. The highest BCUT2D eigenvalue weighted by molar-refractivity contribution is 6.03. The molecule has 28 heavy (non-hydrogen) atoms. The Hall–Kier alpha value is -2.41. The van der Waals surface area contributed by atoms with Crippen molar-refractivity contribution in [3.05, 3.63) is 23.9 Å². The Morgan fingerprint density at radius 3 is 2.64 bits per heavy atom. The number of carbonyl (C=O) groups is 2. The molecule has 0 aliphatic carbocycles. The zero-order chi connectivity index (χ0) is 19.1. The molecule has 2 aromatic rings. The molecular weight excluding hydrogens is 356 g/mol. The number of piperidine rings is 3. The molecule has 1 aromatic heterocycles. The lowest BCUT2D eigenvalue weighted by atomic mass is 9.71. The van der Waals surface area contributed by atoms with Crippen molar-refractivity contribution in [2.75, 3.05) is 31.1 Å². The van der Waals surface area contributed by atoms with E-state index in [9.17, 15) is 9.59 Å². The molecule has 7 heteroatoms. The number of aromatic nitrogens is 1. The lowest BCUT2D eigenvalue weighted by Gasteiger charge is -2.45. The van der Waals surface area contributed by atoms with E-state index >= 15 is 0 Å². The molecule has 1 spiro atoms. The van der Waals surface area contributed by atoms with Gasteiger partial charge in [0.25, 0.3) is 0 Å². The summed E-state index contributed by atoms with van der Waals surface area (Å²) in [5.41, 5.74) is 2.96. The summed E-state index contributed by atoms with van der Waals surface area (Å²) in [7, 11) is 0. The number of para-hydroxylation sites is 1. The van der Waals surface area contributed by atoms with Crippen molar-refractivity contribution < 1.29 is 14.1 Å². The molecule has 7 nitrogen and oxygen atoms in total. The Morgan fingerprint density at radius 2 is 1.89 bits per heavy atom. The quantitative estimate of drug-likeness (QED) is 0.775. The van der Waals surface area contributed by atoms with Gasteiger partial charge < -0.3 is 14.7 Å². The molecule has 0 saturated carbocycles. The first-order chi connectivity index (χ1) is 13.7. The average molecular weight is 382 g/mol. The summed E-state index contributed by atoms with van der Waals surface area (Å²) >= 11 is 0. The number of fused-ring (bicyclic) bond motifs is 1. The van der Waals surface area contributed by atoms with Crippen LogP contribution in [0.5, 0.6) is 0 Å². The first kappa shape index (κ1) is 17.7. The number of hydrogen-bond acceptors (Lipinski definition) is 6. The smallest absolute Gasteiger partial charge is 0.235 e. The monoisotopic (exact) mass is 382 g/mol. The van der Waals surface area contributed by atoms with Gasteiger partial charge in [-0.1, -0.05) is 11.2 Å². The van der Waals surface area contributed by atoms with Crippen LogP contribution in [-0.2, 0) is 9.59 Å². The minimum atomic E-state index is -0.423. The average Bonchev–Trinajstić information content (AvgIpc) is 3.13. The summed E-state index contributed by atoms with van der Waals surface area (Å²) < 4.78 is 5.73. The molecule has 1 unspecified atom stereocenters. The maximum atomic E-state index is 12.3. The van der Waals surface area contributed by atoms with Gasteiger partial charge in [-0.2, -0.15) is 0 Å². The SMILES string of the molecule is O=C1CCC(c2noc3c(N4CCC5(CCNCC5)CC4)cccc23)C(=O)N1. The fourth-order valence-electron chi connectivity index (χ4n) is 5.10. The van der Waals surface area contributed by atoms with Crippen molar-refractivity contribution in [3.8, 4) is 0 Å². The number of imide groups is 1. The summed E-state index contributed by atoms with van der Waals surface area (Å²) in [5.74, 6) is -0.911. The summed E-state index contributed by atoms with van der Waals surface area (Å²) in [5, 5.41) is 11.0. The van der Waals surface area contributed by atoms with Gasteiger partial charge in [-0.05, 0) is 62.7 Å². The standard InChI is InChI=1S/C21H26N4O3/c26-17-5-4-15(20(27)23-17)18-14-2-1-3-16(19(14)28-24-18)25-12-8-21(9-13-25)6-10-22-11-7-21/h1-3,15,22H,4-13H2,(H,23,26,27). The number of rotatable bonds is 2. The van der Waals surface area contributed by atoms with Gasteiger partial charge in [-0.3, -0.25) is 14.9 Å². The van der Waals surface area contributed by atoms with Crippen LogP contribution < -0.4 is 15.5 Å². The molecule has 3 saturated heterocycles. The van der Waals surface area contributed by atoms with Gasteiger partial charge in [-0.25, -0.2) is 0 Å². The van der Waals surface area contributed by atoms with Crippen molar-refractivity contribution in [1.82, 2.24) is 15.8 Å². The maximum absolute atomic E-state index is 12.3. The van der Waals surface area contributed by atoms with Gasteiger partial charge in [0.1, 0.15) is 5.69 Å². The predicted octanol–water partition coefficient (Wildman–Crippen LogP) is 2.32. The molecule has 2 N–H and O–H groups in total. The van der Waals surface area contributed by atoms with Crippen LogP contribution in [0.3, 0.4) is 0 Å². The second-order valence-corrected chi connectivity index (χ2v) is 8.46. The van der Waals surface area contributed by atoms with Crippen molar-refractivity contribution in [3.63, 3.8) is 0 Å². The number of amides is 2. The molecule has 3 aliphatic heterocycles. The number of hydrogen-bond donors (Lipinski definition) is 2. The van der Waals surface area contributed by atoms with Crippen LogP contribution >= 0.6 is 0 Å². The largest absolute Gasteiger partial charge is 0.368 e. The number of carbonyl (C=O) groups excluding carboxylic acids is 2. The highest BCUT2D eigenvalue weighted by Gasteiger charge is 2.37. The number of benzene rings is 1. The topological polar surface area (TPSA) is 87.5 Å². The van der Waals surface area contributed by atoms with Crippen LogP contribution in [0, 0.1) is 5.41 Å². The first-order valence-corrected chi connectivity index (χ1v) is 10.3. The summed E-state index contributed by atoms with van der Waals surface area (Å²) in [6, 6.07) is 6.06. The van der Waals surface area contributed by atoms with E-state index in [2.05, 4.69) is 26.8 Å². The van der Waals surface area contributed by atoms with Crippen molar-refractivity contribution in [2.24, 2.45) is 5.41 Å². The van der Waals surface area contributed by atoms with E-state index in [1.165, 1.54) is 25.7 Å². The van der Waals surface area contributed by atoms with E-state index in [1.54, 1.807) is 0 Å². The molecule has 3 fully saturated rings. The number of anilines is 1. The molecule has 1 aromatic carbocycles. The third-order valence-electron chi connectivity index (χ3n) is 6.90. The van der Waals surface area contributed by atoms with E-state index in [-0.39, 0.29) is 11.8 Å². The summed E-state index contributed by atoms with van der Waals surface area (Å²) in [4.78, 5) is 26.1. The highest BCUT2D eigenvalue weighted by Crippen LogP contribution is 2.42. The third-order valence-corrected chi connectivity index (χ3v) is 6.90. The minimum absolute atomic E-state index is 0.213. The second-order valence-electron chi connectivity index (χ2n) is 8.46.